The summed E-state index contributed by atoms with van der Waals surface area (Å²) in [6.45, 7) is 6.22. The van der Waals surface area contributed by atoms with Gasteiger partial charge in [0, 0.05) is 26.2 Å². The fourth-order valence-electron chi connectivity index (χ4n) is 3.99. The fraction of sp³-hybridized carbons (Fsp3) is 0.360. The van der Waals surface area contributed by atoms with Crippen LogP contribution in [0.4, 0.5) is 5.69 Å². The molecule has 0 radical (unpaired) electrons. The molecule has 4 nitrogen and oxygen atoms in total. The Labute approximate surface area is 173 Å². The highest BCUT2D eigenvalue weighted by atomic mass is 16.5. The van der Waals surface area contributed by atoms with E-state index in [1.807, 2.05) is 12.1 Å². The number of piperazine rings is 1. The van der Waals surface area contributed by atoms with E-state index in [2.05, 4.69) is 64.4 Å². The molecular weight excluding hydrogens is 360 g/mol. The molecule has 1 saturated heterocycles. The Morgan fingerprint density at radius 3 is 2.38 bits per heavy atom. The van der Waals surface area contributed by atoms with Gasteiger partial charge in [-0.1, -0.05) is 42.5 Å². The second-order valence-electron chi connectivity index (χ2n) is 7.57. The number of anilines is 1. The molecule has 4 rings (SSSR count). The van der Waals surface area contributed by atoms with Crippen LogP contribution in [0.15, 0.2) is 66.7 Å². The van der Waals surface area contributed by atoms with Gasteiger partial charge < -0.3 is 14.4 Å². The van der Waals surface area contributed by atoms with Crippen LogP contribution in [0.3, 0.4) is 0 Å². The second kappa shape index (κ2) is 9.66. The first-order chi connectivity index (χ1) is 14.3. The molecule has 29 heavy (non-hydrogen) atoms. The molecule has 4 heteroatoms. The number of nitrogens with zero attached hydrogens (tertiary/aromatic N) is 2. The zero-order valence-electron chi connectivity index (χ0n) is 17.2. The average Bonchev–Trinajstić information content (AvgIpc) is 2.79. The Balaban J connectivity index is 1.16. The smallest absolute Gasteiger partial charge is 0.142 e. The number of hydrogen-bond donors (Lipinski definition) is 0. The lowest BCUT2D eigenvalue weighted by molar-refractivity contribution is 0.238. The molecule has 1 aliphatic heterocycles. The number of methoxy groups -OCH3 is 1. The molecule has 0 aliphatic carbocycles. The van der Waals surface area contributed by atoms with Gasteiger partial charge in [-0.2, -0.15) is 0 Å². The van der Waals surface area contributed by atoms with E-state index < -0.39 is 0 Å². The van der Waals surface area contributed by atoms with Gasteiger partial charge in [0.15, 0.2) is 0 Å². The van der Waals surface area contributed by atoms with Gasteiger partial charge in [-0.05, 0) is 54.4 Å². The van der Waals surface area contributed by atoms with Gasteiger partial charge in [-0.3, -0.25) is 4.90 Å². The SMILES string of the molecule is COc1ccccc1N1CCN(CCCCOc2ccc3ccccc3c2)CC1. The highest BCUT2D eigenvalue weighted by Crippen LogP contribution is 2.28. The maximum atomic E-state index is 5.96. The molecule has 0 N–H and O–H groups in total. The zero-order valence-corrected chi connectivity index (χ0v) is 17.2. The average molecular weight is 391 g/mol. The molecule has 0 unspecified atom stereocenters. The molecular formula is C25H30N2O2. The number of para-hydroxylation sites is 2. The summed E-state index contributed by atoms with van der Waals surface area (Å²) >= 11 is 0. The molecule has 1 aliphatic rings. The summed E-state index contributed by atoms with van der Waals surface area (Å²) < 4.78 is 11.5. The van der Waals surface area contributed by atoms with E-state index in [0.29, 0.717) is 0 Å². The largest absolute Gasteiger partial charge is 0.495 e. The first-order valence-corrected chi connectivity index (χ1v) is 10.6. The van der Waals surface area contributed by atoms with Gasteiger partial charge in [-0.15, -0.1) is 0 Å². The van der Waals surface area contributed by atoms with Crippen LogP contribution < -0.4 is 14.4 Å². The minimum absolute atomic E-state index is 0.777. The third-order valence-corrected chi connectivity index (χ3v) is 5.66. The number of ether oxygens (including phenoxy) is 2. The Morgan fingerprint density at radius 2 is 1.55 bits per heavy atom. The number of hydrogen-bond acceptors (Lipinski definition) is 4. The minimum Gasteiger partial charge on any atom is -0.495 e. The van der Waals surface area contributed by atoms with Crippen LogP contribution in [0.25, 0.3) is 10.8 Å². The number of rotatable bonds is 8. The lowest BCUT2D eigenvalue weighted by atomic mass is 10.1. The van der Waals surface area contributed by atoms with Crippen molar-refractivity contribution in [1.82, 2.24) is 4.90 Å². The van der Waals surface area contributed by atoms with E-state index in [9.17, 15) is 0 Å². The maximum absolute atomic E-state index is 5.96. The van der Waals surface area contributed by atoms with Crippen molar-refractivity contribution in [3.63, 3.8) is 0 Å². The Bertz CT molecular complexity index is 919. The fourth-order valence-corrected chi connectivity index (χ4v) is 3.99. The van der Waals surface area contributed by atoms with Crippen molar-refractivity contribution in [3.05, 3.63) is 66.7 Å². The van der Waals surface area contributed by atoms with Crippen molar-refractivity contribution in [3.8, 4) is 11.5 Å². The highest BCUT2D eigenvalue weighted by molar-refractivity contribution is 5.83. The molecule has 0 spiro atoms. The predicted octanol–water partition coefficient (Wildman–Crippen LogP) is 4.83. The zero-order chi connectivity index (χ0) is 19.9. The van der Waals surface area contributed by atoms with E-state index in [1.54, 1.807) is 7.11 Å². The molecule has 3 aromatic carbocycles. The van der Waals surface area contributed by atoms with Crippen molar-refractivity contribution in [2.75, 3.05) is 51.3 Å². The van der Waals surface area contributed by atoms with Crippen LogP contribution in [-0.4, -0.2) is 51.3 Å². The normalized spacial score (nSPS) is 14.9. The van der Waals surface area contributed by atoms with Crippen LogP contribution in [0, 0.1) is 0 Å². The van der Waals surface area contributed by atoms with Crippen molar-refractivity contribution < 1.29 is 9.47 Å². The summed E-state index contributed by atoms with van der Waals surface area (Å²) in [6.07, 6.45) is 2.25. The third kappa shape index (κ3) is 5.01. The minimum atomic E-state index is 0.777. The summed E-state index contributed by atoms with van der Waals surface area (Å²) in [6, 6.07) is 23.0. The molecule has 0 bridgehead atoms. The molecule has 0 aromatic heterocycles. The van der Waals surface area contributed by atoms with E-state index in [4.69, 9.17) is 9.47 Å². The van der Waals surface area contributed by atoms with Crippen molar-refractivity contribution in [2.45, 2.75) is 12.8 Å². The third-order valence-electron chi connectivity index (χ3n) is 5.66. The Morgan fingerprint density at radius 1 is 0.793 bits per heavy atom. The van der Waals surface area contributed by atoms with Gasteiger partial charge in [0.05, 0.1) is 19.4 Å². The lowest BCUT2D eigenvalue weighted by Gasteiger charge is -2.36. The summed E-state index contributed by atoms with van der Waals surface area (Å²) in [4.78, 5) is 4.99. The van der Waals surface area contributed by atoms with Gasteiger partial charge in [-0.25, -0.2) is 0 Å². The number of unbranched alkanes of at least 4 members (excludes halogenated alkanes) is 1. The van der Waals surface area contributed by atoms with Crippen LogP contribution in [0.2, 0.25) is 0 Å². The van der Waals surface area contributed by atoms with E-state index in [-0.39, 0.29) is 0 Å². The molecule has 0 atom stereocenters. The van der Waals surface area contributed by atoms with Gasteiger partial charge >= 0.3 is 0 Å². The summed E-state index contributed by atoms with van der Waals surface area (Å²) in [7, 11) is 1.75. The van der Waals surface area contributed by atoms with Crippen molar-refractivity contribution in [1.29, 1.82) is 0 Å². The quantitative estimate of drug-likeness (QED) is 0.515. The second-order valence-corrected chi connectivity index (χ2v) is 7.57. The molecule has 3 aromatic rings. The lowest BCUT2D eigenvalue weighted by Crippen LogP contribution is -2.46. The standard InChI is InChI=1S/C25H30N2O2/c1-28-25-11-5-4-10-24(25)27-17-15-26(16-18-27)14-6-7-19-29-23-13-12-21-8-2-3-9-22(21)20-23/h2-5,8-13,20H,6-7,14-19H2,1H3. The van der Waals surface area contributed by atoms with Gasteiger partial charge in [0.25, 0.3) is 0 Å². The van der Waals surface area contributed by atoms with E-state index >= 15 is 0 Å². The monoisotopic (exact) mass is 390 g/mol. The van der Waals surface area contributed by atoms with Gasteiger partial charge in [0.1, 0.15) is 11.5 Å². The summed E-state index contributed by atoms with van der Waals surface area (Å²) in [5, 5.41) is 2.49. The summed E-state index contributed by atoms with van der Waals surface area (Å²) in [5.74, 6) is 1.93. The molecule has 0 amide bonds. The summed E-state index contributed by atoms with van der Waals surface area (Å²) in [5.41, 5.74) is 1.21. The van der Waals surface area contributed by atoms with Crippen molar-refractivity contribution in [2.24, 2.45) is 0 Å². The molecule has 0 saturated carbocycles. The molecule has 1 fully saturated rings. The predicted molar refractivity (Wildman–Crippen MR) is 120 cm³/mol. The highest BCUT2D eigenvalue weighted by Gasteiger charge is 2.18. The first kappa shape index (κ1) is 19.6. The van der Waals surface area contributed by atoms with Gasteiger partial charge in [0.2, 0.25) is 0 Å². The number of benzene rings is 3. The topological polar surface area (TPSA) is 24.9 Å². The van der Waals surface area contributed by atoms with E-state index in [1.165, 1.54) is 22.9 Å². The first-order valence-electron chi connectivity index (χ1n) is 10.6. The van der Waals surface area contributed by atoms with Crippen LogP contribution in [0.1, 0.15) is 12.8 Å². The number of fused-ring (bicyclic) bond motifs is 1. The van der Waals surface area contributed by atoms with Crippen LogP contribution in [-0.2, 0) is 0 Å². The van der Waals surface area contributed by atoms with Crippen molar-refractivity contribution >= 4 is 16.5 Å². The van der Waals surface area contributed by atoms with E-state index in [0.717, 1.165) is 57.3 Å². The van der Waals surface area contributed by atoms with Crippen LogP contribution >= 0.6 is 0 Å². The molecule has 152 valence electrons. The van der Waals surface area contributed by atoms with Crippen LogP contribution in [0.5, 0.6) is 11.5 Å². The maximum Gasteiger partial charge on any atom is 0.142 e. The molecule has 1 heterocycles. The Kier molecular flexibility index (Phi) is 6.52. The Hall–Kier alpha value is -2.72.